The molecule has 0 spiro atoms. The molecule has 40 heavy (non-hydrogen) atoms. The predicted molar refractivity (Wildman–Crippen MR) is 138 cm³/mol. The lowest BCUT2D eigenvalue weighted by atomic mass is 10.00. The maximum atomic E-state index is 13.7. The Balaban J connectivity index is 1.45. The summed E-state index contributed by atoms with van der Waals surface area (Å²) in [4.78, 5) is 27.2. The van der Waals surface area contributed by atoms with Crippen LogP contribution in [0.5, 0.6) is 5.88 Å². The van der Waals surface area contributed by atoms with E-state index in [1.807, 2.05) is 6.08 Å². The summed E-state index contributed by atoms with van der Waals surface area (Å²) in [5, 5.41) is 0. The molecule has 2 aromatic rings. The van der Waals surface area contributed by atoms with Crippen molar-refractivity contribution in [3.8, 4) is 5.88 Å². The highest BCUT2D eigenvalue weighted by Crippen LogP contribution is 2.44. The number of carbonyl (C=O) groups excluding carboxylic acids is 1. The van der Waals surface area contributed by atoms with Crippen molar-refractivity contribution in [2.75, 3.05) is 31.2 Å². The molecule has 2 unspecified atom stereocenters. The zero-order valence-electron chi connectivity index (χ0n) is 22.0. The van der Waals surface area contributed by atoms with Crippen LogP contribution in [0.3, 0.4) is 0 Å². The lowest BCUT2D eigenvalue weighted by molar-refractivity contribution is -0.141. The summed E-state index contributed by atoms with van der Waals surface area (Å²) in [6.45, 7) is 5.37. The van der Waals surface area contributed by atoms with Crippen LogP contribution in [0.4, 0.5) is 23.8 Å². The van der Waals surface area contributed by atoms with Crippen LogP contribution in [-0.4, -0.2) is 76.2 Å². The molecule has 212 valence electrons. The molecule has 2 bridgehead atoms. The number of hydrogen-bond acceptors (Lipinski definition) is 8. The number of hydrogen-bond donors (Lipinski definition) is 1. The molecule has 3 saturated heterocycles. The Kier molecular flexibility index (Phi) is 6.37. The van der Waals surface area contributed by atoms with Gasteiger partial charge in [0.2, 0.25) is 0 Å². The van der Waals surface area contributed by atoms with Crippen molar-refractivity contribution < 1.29 is 32.2 Å². The number of piperazine rings is 1. The smallest absolute Gasteiger partial charge is 0.416 e. The van der Waals surface area contributed by atoms with E-state index in [2.05, 4.69) is 14.9 Å². The summed E-state index contributed by atoms with van der Waals surface area (Å²) in [6, 6.07) is 4.22. The minimum Gasteiger partial charge on any atom is -0.472 e. The van der Waals surface area contributed by atoms with Crippen molar-refractivity contribution >= 4 is 17.5 Å². The first-order valence-electron chi connectivity index (χ1n) is 13.0. The quantitative estimate of drug-likeness (QED) is 0.594. The van der Waals surface area contributed by atoms with E-state index in [1.165, 1.54) is 18.5 Å². The fraction of sp³-hybridized carbons (Fsp3) is 0.444. The number of allylic oxidation sites excluding steroid dienone is 2. The second-order valence-corrected chi connectivity index (χ2v) is 10.5. The van der Waals surface area contributed by atoms with Gasteiger partial charge in [-0.05, 0) is 50.1 Å². The zero-order valence-corrected chi connectivity index (χ0v) is 22.0. The molecule has 4 aliphatic heterocycles. The molecule has 2 N–H and O–H groups in total. The summed E-state index contributed by atoms with van der Waals surface area (Å²) in [5.41, 5.74) is 6.58. The van der Waals surface area contributed by atoms with Crippen molar-refractivity contribution in [1.29, 1.82) is 0 Å². The van der Waals surface area contributed by atoms with Crippen LogP contribution >= 0.6 is 0 Å². The van der Waals surface area contributed by atoms with Crippen molar-refractivity contribution in [1.82, 2.24) is 19.8 Å². The number of aromatic nitrogens is 2. The van der Waals surface area contributed by atoms with Crippen LogP contribution in [0, 0.1) is 0 Å². The Morgan fingerprint density at radius 2 is 2.02 bits per heavy atom. The van der Waals surface area contributed by atoms with Gasteiger partial charge in [-0.2, -0.15) is 13.2 Å². The highest BCUT2D eigenvalue weighted by molar-refractivity contribution is 5.86. The van der Waals surface area contributed by atoms with Gasteiger partial charge in [0.25, 0.3) is 5.88 Å². The standard InChI is InChI=1S/C27H29F3N6O4/c1-26(2)39-15-19(40-26)14-38-23-22(32-9-10-33-23)36-20(16-4-3-5-17(12-16)27(28,29)30)6-7-21-24(36)35(25(31)37)18-8-11-34(21)13-18/h3-7,9-10,12,18-19,24H,8,11,13-15H2,1-2H3,(H2,31,37)/t18?,19-,24?/m1/s1. The maximum Gasteiger partial charge on any atom is 0.416 e. The highest BCUT2D eigenvalue weighted by atomic mass is 19.4. The number of nitrogens with zero attached hydrogens (tertiary/aromatic N) is 5. The molecule has 3 fully saturated rings. The molecule has 0 radical (unpaired) electrons. The number of rotatable bonds is 5. The Bertz CT molecular complexity index is 1380. The van der Waals surface area contributed by atoms with Crippen LogP contribution in [-0.2, 0) is 15.7 Å². The Hall–Kier alpha value is -3.84. The second-order valence-electron chi connectivity index (χ2n) is 10.5. The van der Waals surface area contributed by atoms with Crippen LogP contribution in [0.2, 0.25) is 0 Å². The Morgan fingerprint density at radius 3 is 2.75 bits per heavy atom. The minimum absolute atomic E-state index is 0.104. The second kappa shape index (κ2) is 9.66. The van der Waals surface area contributed by atoms with E-state index in [0.29, 0.717) is 25.3 Å². The number of amides is 2. The molecule has 0 aliphatic carbocycles. The van der Waals surface area contributed by atoms with E-state index in [0.717, 1.165) is 24.4 Å². The largest absolute Gasteiger partial charge is 0.472 e. The van der Waals surface area contributed by atoms with Gasteiger partial charge in [0.1, 0.15) is 12.7 Å². The summed E-state index contributed by atoms with van der Waals surface area (Å²) in [5.74, 6) is -0.385. The number of halogens is 3. The van der Waals surface area contributed by atoms with E-state index < -0.39 is 29.7 Å². The average Bonchev–Trinajstić information content (AvgIpc) is 3.49. The van der Waals surface area contributed by atoms with Crippen molar-refractivity contribution in [2.45, 2.75) is 50.5 Å². The molecular formula is C27H29F3N6O4. The molecule has 10 nitrogen and oxygen atoms in total. The van der Waals surface area contributed by atoms with Crippen LogP contribution < -0.4 is 15.4 Å². The number of anilines is 1. The summed E-state index contributed by atoms with van der Waals surface area (Å²) in [6.07, 6.45) is 1.53. The van der Waals surface area contributed by atoms with E-state index in [4.69, 9.17) is 19.9 Å². The lowest BCUT2D eigenvalue weighted by Crippen LogP contribution is -2.63. The molecule has 4 aliphatic rings. The molecule has 5 heterocycles. The zero-order chi connectivity index (χ0) is 28.2. The summed E-state index contributed by atoms with van der Waals surface area (Å²) >= 11 is 0. The van der Waals surface area contributed by atoms with Gasteiger partial charge < -0.3 is 24.8 Å². The number of urea groups is 1. The van der Waals surface area contributed by atoms with Crippen molar-refractivity contribution in [2.24, 2.45) is 5.73 Å². The number of alkyl halides is 3. The van der Waals surface area contributed by atoms with Crippen molar-refractivity contribution in [3.05, 3.63) is 65.6 Å². The van der Waals surface area contributed by atoms with Gasteiger partial charge in [0, 0.05) is 25.5 Å². The van der Waals surface area contributed by atoms with Crippen LogP contribution in [0.25, 0.3) is 5.70 Å². The lowest BCUT2D eigenvalue weighted by Gasteiger charge is -2.50. The van der Waals surface area contributed by atoms with Crippen LogP contribution in [0.1, 0.15) is 31.4 Å². The fourth-order valence-electron chi connectivity index (χ4n) is 5.76. The number of ether oxygens (including phenoxy) is 3. The highest BCUT2D eigenvalue weighted by Gasteiger charge is 2.49. The van der Waals surface area contributed by atoms with Crippen molar-refractivity contribution in [3.63, 3.8) is 0 Å². The Labute approximate surface area is 228 Å². The van der Waals surface area contributed by atoms with E-state index in [-0.39, 0.29) is 36.0 Å². The maximum absolute atomic E-state index is 13.7. The van der Waals surface area contributed by atoms with E-state index in [9.17, 15) is 18.0 Å². The van der Waals surface area contributed by atoms with Gasteiger partial charge in [0.05, 0.1) is 29.6 Å². The molecule has 1 aromatic heterocycles. The van der Waals surface area contributed by atoms with Gasteiger partial charge in [-0.3, -0.25) is 9.80 Å². The van der Waals surface area contributed by atoms with E-state index in [1.54, 1.807) is 35.8 Å². The van der Waals surface area contributed by atoms with Gasteiger partial charge in [-0.25, -0.2) is 14.8 Å². The first-order valence-corrected chi connectivity index (χ1v) is 13.0. The first-order chi connectivity index (χ1) is 19.0. The Morgan fingerprint density at radius 1 is 1.23 bits per heavy atom. The topological polar surface area (TPSA) is 106 Å². The van der Waals surface area contributed by atoms with Gasteiger partial charge in [-0.15, -0.1) is 0 Å². The third-order valence-electron chi connectivity index (χ3n) is 7.45. The number of fused-ring (bicyclic) bond motifs is 4. The van der Waals surface area contributed by atoms with Gasteiger partial charge in [0.15, 0.2) is 17.8 Å². The van der Waals surface area contributed by atoms with E-state index >= 15 is 0 Å². The molecule has 13 heteroatoms. The minimum atomic E-state index is -4.54. The monoisotopic (exact) mass is 558 g/mol. The SMILES string of the molecule is CC1(C)OC[C@@H](COc2nccnc2N2C(c3cccc(C(F)(F)F)c3)=CC=C3C2N(C(N)=O)C2CCN3C2)O1. The molecular weight excluding hydrogens is 529 g/mol. The van der Waals surface area contributed by atoms with Crippen LogP contribution in [0.15, 0.2) is 54.5 Å². The molecule has 0 saturated carbocycles. The predicted octanol–water partition coefficient (Wildman–Crippen LogP) is 3.57. The fourth-order valence-corrected chi connectivity index (χ4v) is 5.76. The molecule has 1 aromatic carbocycles. The summed E-state index contributed by atoms with van der Waals surface area (Å²) in [7, 11) is 0. The third kappa shape index (κ3) is 4.73. The number of benzene rings is 1. The van der Waals surface area contributed by atoms with Gasteiger partial charge >= 0.3 is 12.2 Å². The molecule has 2 amide bonds. The molecule has 6 rings (SSSR count). The number of primary amides is 1. The average molecular weight is 559 g/mol. The molecule has 3 atom stereocenters. The summed E-state index contributed by atoms with van der Waals surface area (Å²) < 4.78 is 58.6. The third-order valence-corrected chi connectivity index (χ3v) is 7.45. The first kappa shape index (κ1) is 26.4. The van der Waals surface area contributed by atoms with Gasteiger partial charge in [-0.1, -0.05) is 12.1 Å². The number of nitrogens with two attached hydrogens (primary N) is 1. The normalized spacial score (nSPS) is 25.4. The number of carbonyl (C=O) groups is 1.